The lowest BCUT2D eigenvalue weighted by Crippen LogP contribution is -2.10. The summed E-state index contributed by atoms with van der Waals surface area (Å²) in [5, 5.41) is 10.4. The number of phenols is 1. The Hall–Kier alpha value is -1.72. The van der Waals surface area contributed by atoms with Gasteiger partial charge < -0.3 is 10.4 Å². The van der Waals surface area contributed by atoms with Gasteiger partial charge in [0, 0.05) is 13.0 Å². The number of carbonyl (C=O) groups is 1. The standard InChI is InChI=1S/C8H6F3NO2/c1-3(13)12-8-4(9)2-5(14)6(10)7(8)11/h2,14H,1H3,(H,12,13). The van der Waals surface area contributed by atoms with Gasteiger partial charge in [0.25, 0.3) is 0 Å². The number of benzene rings is 1. The van der Waals surface area contributed by atoms with Crippen molar-refractivity contribution in [2.75, 3.05) is 5.32 Å². The van der Waals surface area contributed by atoms with E-state index in [0.29, 0.717) is 6.07 Å². The normalized spacial score (nSPS) is 10.0. The van der Waals surface area contributed by atoms with Gasteiger partial charge in [0.15, 0.2) is 17.4 Å². The van der Waals surface area contributed by atoms with Crippen LogP contribution in [0.4, 0.5) is 18.9 Å². The molecule has 0 aliphatic rings. The molecule has 3 nitrogen and oxygen atoms in total. The summed E-state index contributed by atoms with van der Waals surface area (Å²) in [7, 11) is 0. The summed E-state index contributed by atoms with van der Waals surface area (Å²) in [5.74, 6) is -6.36. The molecule has 0 aromatic heterocycles. The lowest BCUT2D eigenvalue weighted by atomic mass is 10.2. The summed E-state index contributed by atoms with van der Waals surface area (Å²) in [5.41, 5.74) is -0.909. The molecule has 0 saturated heterocycles. The first-order valence-corrected chi connectivity index (χ1v) is 3.57. The Balaban J connectivity index is 3.29. The van der Waals surface area contributed by atoms with Crippen molar-refractivity contribution in [3.05, 3.63) is 23.5 Å². The number of hydrogen-bond donors (Lipinski definition) is 2. The minimum Gasteiger partial charge on any atom is -0.505 e. The highest BCUT2D eigenvalue weighted by molar-refractivity contribution is 5.89. The summed E-state index contributed by atoms with van der Waals surface area (Å²) >= 11 is 0. The fourth-order valence-electron chi connectivity index (χ4n) is 0.873. The number of phenolic OH excluding ortho intramolecular Hbond substituents is 1. The van der Waals surface area contributed by atoms with Gasteiger partial charge in [-0.3, -0.25) is 4.79 Å². The van der Waals surface area contributed by atoms with E-state index >= 15 is 0 Å². The van der Waals surface area contributed by atoms with Crippen LogP contribution in [-0.4, -0.2) is 11.0 Å². The van der Waals surface area contributed by atoms with Gasteiger partial charge in [-0.05, 0) is 0 Å². The molecular weight excluding hydrogens is 199 g/mol. The number of rotatable bonds is 1. The molecule has 14 heavy (non-hydrogen) atoms. The molecule has 0 spiro atoms. The Morgan fingerprint density at radius 2 is 1.93 bits per heavy atom. The lowest BCUT2D eigenvalue weighted by Gasteiger charge is -2.06. The summed E-state index contributed by atoms with van der Waals surface area (Å²) in [6.45, 7) is 1.02. The van der Waals surface area contributed by atoms with E-state index in [0.717, 1.165) is 6.92 Å². The van der Waals surface area contributed by atoms with Crippen molar-refractivity contribution in [1.82, 2.24) is 0 Å². The van der Waals surface area contributed by atoms with E-state index in [-0.39, 0.29) is 0 Å². The van der Waals surface area contributed by atoms with Gasteiger partial charge in [-0.15, -0.1) is 0 Å². The van der Waals surface area contributed by atoms with Gasteiger partial charge in [-0.25, -0.2) is 8.78 Å². The van der Waals surface area contributed by atoms with Crippen molar-refractivity contribution in [1.29, 1.82) is 0 Å². The van der Waals surface area contributed by atoms with Crippen LogP contribution in [0.15, 0.2) is 6.07 Å². The zero-order valence-electron chi connectivity index (χ0n) is 7.07. The Bertz CT molecular complexity index is 393. The fourth-order valence-corrected chi connectivity index (χ4v) is 0.873. The predicted octanol–water partition coefficient (Wildman–Crippen LogP) is 1.77. The van der Waals surface area contributed by atoms with Gasteiger partial charge in [-0.1, -0.05) is 0 Å². The Morgan fingerprint density at radius 3 is 2.43 bits per heavy atom. The second-order valence-corrected chi connectivity index (χ2v) is 2.56. The molecule has 1 amide bonds. The largest absolute Gasteiger partial charge is 0.505 e. The number of halogens is 3. The van der Waals surface area contributed by atoms with Crippen LogP contribution in [0.5, 0.6) is 5.75 Å². The van der Waals surface area contributed by atoms with Gasteiger partial charge in [-0.2, -0.15) is 4.39 Å². The maximum absolute atomic E-state index is 12.9. The van der Waals surface area contributed by atoms with Crippen LogP contribution in [0, 0.1) is 17.5 Å². The first kappa shape index (κ1) is 10.4. The average molecular weight is 205 g/mol. The third-order valence-corrected chi connectivity index (χ3v) is 1.44. The SMILES string of the molecule is CC(=O)Nc1c(F)cc(O)c(F)c1F. The molecule has 1 aromatic rings. The number of nitrogens with one attached hydrogen (secondary N) is 1. The maximum atomic E-state index is 12.9. The van der Waals surface area contributed by atoms with Crippen LogP contribution >= 0.6 is 0 Å². The zero-order chi connectivity index (χ0) is 10.9. The van der Waals surface area contributed by atoms with Crippen molar-refractivity contribution in [3.8, 4) is 5.75 Å². The van der Waals surface area contributed by atoms with Crippen LogP contribution in [0.1, 0.15) is 6.92 Å². The maximum Gasteiger partial charge on any atom is 0.221 e. The van der Waals surface area contributed by atoms with Crippen molar-refractivity contribution < 1.29 is 23.1 Å². The summed E-state index contributed by atoms with van der Waals surface area (Å²) in [4.78, 5) is 10.5. The van der Waals surface area contributed by atoms with Crippen molar-refractivity contribution in [3.63, 3.8) is 0 Å². The van der Waals surface area contributed by atoms with Crippen molar-refractivity contribution in [2.24, 2.45) is 0 Å². The topological polar surface area (TPSA) is 49.3 Å². The van der Waals surface area contributed by atoms with E-state index < -0.39 is 34.8 Å². The highest BCUT2D eigenvalue weighted by Crippen LogP contribution is 2.27. The van der Waals surface area contributed by atoms with Crippen LogP contribution in [0.3, 0.4) is 0 Å². The number of aromatic hydroxyl groups is 1. The highest BCUT2D eigenvalue weighted by Gasteiger charge is 2.18. The molecule has 6 heteroatoms. The van der Waals surface area contributed by atoms with Crippen LogP contribution in [0.2, 0.25) is 0 Å². The number of hydrogen-bond acceptors (Lipinski definition) is 2. The van der Waals surface area contributed by atoms with Gasteiger partial charge >= 0.3 is 0 Å². The fraction of sp³-hybridized carbons (Fsp3) is 0.125. The third-order valence-electron chi connectivity index (χ3n) is 1.44. The van der Waals surface area contributed by atoms with Crippen molar-refractivity contribution in [2.45, 2.75) is 6.92 Å². The molecule has 76 valence electrons. The molecule has 0 fully saturated rings. The second kappa shape index (κ2) is 3.57. The van der Waals surface area contributed by atoms with E-state index in [1.807, 2.05) is 0 Å². The van der Waals surface area contributed by atoms with Gasteiger partial charge in [0.2, 0.25) is 11.7 Å². The Morgan fingerprint density at radius 1 is 1.36 bits per heavy atom. The van der Waals surface area contributed by atoms with E-state index in [1.54, 1.807) is 5.32 Å². The third kappa shape index (κ3) is 1.78. The lowest BCUT2D eigenvalue weighted by molar-refractivity contribution is -0.114. The van der Waals surface area contributed by atoms with Gasteiger partial charge in [0.1, 0.15) is 5.69 Å². The van der Waals surface area contributed by atoms with E-state index in [1.165, 1.54) is 0 Å². The molecule has 1 aromatic carbocycles. The summed E-state index contributed by atoms with van der Waals surface area (Å²) in [6.07, 6.45) is 0. The van der Waals surface area contributed by atoms with E-state index in [4.69, 9.17) is 5.11 Å². The van der Waals surface area contributed by atoms with Crippen molar-refractivity contribution >= 4 is 11.6 Å². The summed E-state index contributed by atoms with van der Waals surface area (Å²) in [6, 6.07) is 0.379. The first-order valence-electron chi connectivity index (χ1n) is 3.57. The van der Waals surface area contributed by atoms with Crippen LogP contribution in [0.25, 0.3) is 0 Å². The minimum absolute atomic E-state index is 0.379. The number of anilines is 1. The average Bonchev–Trinajstić information content (AvgIpc) is 2.09. The molecular formula is C8H6F3NO2. The molecule has 0 heterocycles. The molecule has 2 N–H and O–H groups in total. The highest BCUT2D eigenvalue weighted by atomic mass is 19.2. The van der Waals surface area contributed by atoms with Gasteiger partial charge in [0.05, 0.1) is 0 Å². The molecule has 0 atom stereocenters. The zero-order valence-corrected chi connectivity index (χ0v) is 7.07. The number of carbonyl (C=O) groups excluding carboxylic acids is 1. The molecule has 0 saturated carbocycles. The Kier molecular flexibility index (Phi) is 2.64. The molecule has 1 rings (SSSR count). The molecule has 0 unspecified atom stereocenters. The molecule has 0 bridgehead atoms. The predicted molar refractivity (Wildman–Crippen MR) is 42.3 cm³/mol. The Labute approximate surface area is 77.2 Å². The summed E-state index contributed by atoms with van der Waals surface area (Å²) < 4.78 is 38.4. The second-order valence-electron chi connectivity index (χ2n) is 2.56. The molecule has 0 radical (unpaired) electrons. The molecule has 0 aliphatic heterocycles. The minimum atomic E-state index is -1.63. The molecule has 0 aliphatic carbocycles. The van der Waals surface area contributed by atoms with Crippen LogP contribution < -0.4 is 5.32 Å². The quantitative estimate of drug-likeness (QED) is 0.542. The van der Waals surface area contributed by atoms with Crippen LogP contribution in [-0.2, 0) is 4.79 Å². The first-order chi connectivity index (χ1) is 6.43. The number of amides is 1. The van der Waals surface area contributed by atoms with E-state index in [9.17, 15) is 18.0 Å². The smallest absolute Gasteiger partial charge is 0.221 e. The monoisotopic (exact) mass is 205 g/mol. The van der Waals surface area contributed by atoms with E-state index in [2.05, 4.69) is 0 Å².